The number of rotatable bonds is 0. The van der Waals surface area contributed by atoms with Crippen LogP contribution < -0.4 is 0 Å². The molecule has 1 aromatic rings. The molecular weight excluding hydrogens is 354 g/mol. The fourth-order valence-corrected chi connectivity index (χ4v) is 0.321. The van der Waals surface area contributed by atoms with Crippen LogP contribution in [0.4, 0.5) is 0 Å². The molecule has 0 radical (unpaired) electrons. The molecule has 0 atom stereocenters. The van der Waals surface area contributed by atoms with E-state index < -0.39 is 0 Å². The first-order valence-electron chi connectivity index (χ1n) is 2.50. The van der Waals surface area contributed by atoms with Gasteiger partial charge in [0.15, 0.2) is 0 Å². The Morgan fingerprint density at radius 3 is 1.07 bits per heavy atom. The van der Waals surface area contributed by atoms with Crippen molar-refractivity contribution in [1.29, 1.82) is 5.26 Å². The Labute approximate surface area is 97.3 Å². The number of nitrogens with zero attached hydrogens (tertiary/aromatic N) is 1. The SMILES string of the molecule is [C-]#N.[C-]#[O+].[C-]#[O+].[C-]#[O+].[W].c1cc[cH-]c1. The zero-order valence-electron chi connectivity index (χ0n) is 6.97. The van der Waals surface area contributed by atoms with Gasteiger partial charge in [-0.3, -0.25) is 0 Å². The maximum absolute atomic E-state index is 7.50. The van der Waals surface area contributed by atoms with Crippen molar-refractivity contribution in [2.45, 2.75) is 0 Å². The van der Waals surface area contributed by atoms with E-state index in [2.05, 4.69) is 20.0 Å². The Morgan fingerprint density at radius 2 is 1.00 bits per heavy atom. The Kier molecular flexibility index (Phi) is 202. The van der Waals surface area contributed by atoms with Gasteiger partial charge < -0.3 is 11.8 Å². The second-order valence-corrected chi connectivity index (χ2v) is 0.962. The van der Waals surface area contributed by atoms with E-state index in [1.54, 1.807) is 0 Å². The van der Waals surface area contributed by atoms with Crippen molar-refractivity contribution in [2.24, 2.45) is 0 Å². The van der Waals surface area contributed by atoms with Crippen molar-refractivity contribution in [3.63, 3.8) is 0 Å². The molecule has 14 heavy (non-hydrogen) atoms. The van der Waals surface area contributed by atoms with E-state index in [0.29, 0.717) is 0 Å². The molecule has 0 unspecified atom stereocenters. The topological polar surface area (TPSA) is 83.5 Å². The molecule has 0 saturated heterocycles. The van der Waals surface area contributed by atoms with E-state index in [-0.39, 0.29) is 21.1 Å². The van der Waals surface area contributed by atoms with E-state index in [1.165, 1.54) is 0 Å². The normalized spacial score (nSPS) is 3.43. The van der Waals surface area contributed by atoms with Gasteiger partial charge in [-0.1, -0.05) is 0 Å². The van der Waals surface area contributed by atoms with Gasteiger partial charge in [-0.25, -0.2) is 12.1 Å². The van der Waals surface area contributed by atoms with E-state index in [4.69, 9.17) is 25.8 Å². The average Bonchev–Trinajstić information content (AvgIpc) is 2.87. The summed E-state index contributed by atoms with van der Waals surface area (Å²) >= 11 is 0. The molecule has 0 aliphatic carbocycles. The largest absolute Gasteiger partial charge is 0.214 e. The Hall–Kier alpha value is -1.25. The van der Waals surface area contributed by atoms with Crippen LogP contribution in [0.15, 0.2) is 30.3 Å². The summed E-state index contributed by atoms with van der Waals surface area (Å²) in [7, 11) is 0. The van der Waals surface area contributed by atoms with Gasteiger partial charge in [0.2, 0.25) is 0 Å². The third-order valence-electron chi connectivity index (χ3n) is 0.556. The third-order valence-corrected chi connectivity index (χ3v) is 0.556. The van der Waals surface area contributed by atoms with Crippen molar-refractivity contribution in [2.75, 3.05) is 0 Å². The standard InChI is InChI=1S/C5H5.CN.3CO.W/c1-2-4-5-3-1;4*1-2;/h1-5H;;;;;/q2*-1;;;;. The Balaban J connectivity index is -0.0000000267. The van der Waals surface area contributed by atoms with Gasteiger partial charge in [0.05, 0.1) is 0 Å². The van der Waals surface area contributed by atoms with Gasteiger partial charge in [-0.15, -0.1) is 0 Å². The number of hydrogen-bond acceptors (Lipinski definition) is 1. The molecule has 0 bridgehead atoms. The zero-order valence-corrected chi connectivity index (χ0v) is 9.90. The summed E-state index contributed by atoms with van der Waals surface area (Å²) in [6.07, 6.45) is 0. The Morgan fingerprint density at radius 1 is 0.786 bits per heavy atom. The molecule has 0 saturated carbocycles. The summed E-state index contributed by atoms with van der Waals surface area (Å²) < 4.78 is 22.5. The van der Waals surface area contributed by atoms with Crippen LogP contribution in [0.2, 0.25) is 0 Å². The molecule has 72 valence electrons. The fourth-order valence-electron chi connectivity index (χ4n) is 0.321. The van der Waals surface area contributed by atoms with E-state index in [9.17, 15) is 0 Å². The fraction of sp³-hybridized carbons (Fsp3) is 0. The molecule has 0 aromatic heterocycles. The maximum atomic E-state index is 7.50. The van der Waals surface area contributed by atoms with Gasteiger partial charge >= 0.3 is 33.9 Å². The first-order chi connectivity index (χ1) is 6.50. The van der Waals surface area contributed by atoms with Gasteiger partial charge in [0.1, 0.15) is 0 Å². The molecule has 1 aromatic carbocycles. The molecule has 0 aliphatic heterocycles. The molecule has 4 nitrogen and oxygen atoms in total. The van der Waals surface area contributed by atoms with Gasteiger partial charge in [0, 0.05) is 21.1 Å². The molecule has 0 fully saturated rings. The van der Waals surface area contributed by atoms with Crippen LogP contribution in [0.1, 0.15) is 0 Å². The molecule has 1 rings (SSSR count). The van der Waals surface area contributed by atoms with Crippen LogP contribution in [-0.4, -0.2) is 0 Å². The average molecular weight is 359 g/mol. The monoisotopic (exact) mass is 359 g/mol. The first kappa shape index (κ1) is 29.3. The maximum Gasteiger partial charge on any atom is 0 e. The minimum Gasteiger partial charge on any atom is -0.214 e. The smallest absolute Gasteiger partial charge is 0 e. The Bertz CT molecular complexity index is 170. The van der Waals surface area contributed by atoms with E-state index >= 15 is 0 Å². The molecular formula is C9H5NO3W-2. The first-order valence-corrected chi connectivity index (χ1v) is 2.50. The second kappa shape index (κ2) is 96.6. The zero-order chi connectivity index (χ0) is 11.5. The summed E-state index contributed by atoms with van der Waals surface area (Å²) in [6, 6.07) is 10.0. The summed E-state index contributed by atoms with van der Waals surface area (Å²) in [5.41, 5.74) is 0. The summed E-state index contributed by atoms with van der Waals surface area (Å²) in [6.45, 7) is 18.2. The third kappa shape index (κ3) is 72.7. The van der Waals surface area contributed by atoms with Crippen LogP contribution in [0.3, 0.4) is 0 Å². The molecule has 5 heteroatoms. The minimum atomic E-state index is 0. The summed E-state index contributed by atoms with van der Waals surface area (Å²) in [5.74, 6) is 0. The minimum absolute atomic E-state index is 0. The predicted molar refractivity (Wildman–Crippen MR) is 38.8 cm³/mol. The van der Waals surface area contributed by atoms with Crippen LogP contribution in [0.25, 0.3) is 0 Å². The van der Waals surface area contributed by atoms with Crippen molar-refractivity contribution in [1.82, 2.24) is 0 Å². The van der Waals surface area contributed by atoms with E-state index in [1.807, 2.05) is 30.3 Å². The summed E-state index contributed by atoms with van der Waals surface area (Å²) in [4.78, 5) is 0. The molecule has 0 aliphatic rings. The second-order valence-electron chi connectivity index (χ2n) is 0.962. The van der Waals surface area contributed by atoms with Crippen molar-refractivity contribution in [3.05, 3.63) is 56.9 Å². The van der Waals surface area contributed by atoms with E-state index in [0.717, 1.165) is 0 Å². The van der Waals surface area contributed by atoms with Crippen LogP contribution in [0.5, 0.6) is 0 Å². The van der Waals surface area contributed by atoms with Crippen LogP contribution >= 0.6 is 0 Å². The van der Waals surface area contributed by atoms with Crippen molar-refractivity contribution >= 4 is 0 Å². The van der Waals surface area contributed by atoms with Gasteiger partial charge in [-0.05, 0) is 0 Å². The predicted octanol–water partition coefficient (Wildman–Crippen LogP) is 1.39. The summed E-state index contributed by atoms with van der Waals surface area (Å²) in [5, 5.41) is 6.25. The molecule has 0 heterocycles. The van der Waals surface area contributed by atoms with Crippen molar-refractivity contribution in [3.8, 4) is 0 Å². The quantitative estimate of drug-likeness (QED) is 0.509. The molecule has 0 N–H and O–H groups in total. The van der Waals surface area contributed by atoms with Crippen molar-refractivity contribution < 1.29 is 35.0 Å². The van der Waals surface area contributed by atoms with Gasteiger partial charge in [-0.2, -0.15) is 18.2 Å². The van der Waals surface area contributed by atoms with Crippen LogP contribution in [0, 0.1) is 31.8 Å². The van der Waals surface area contributed by atoms with Crippen LogP contribution in [-0.2, 0) is 35.0 Å². The molecule has 0 amide bonds. The number of hydrogen-bond donors (Lipinski definition) is 0. The van der Waals surface area contributed by atoms with Gasteiger partial charge in [0.25, 0.3) is 0 Å². The molecule has 0 spiro atoms.